The van der Waals surface area contributed by atoms with Gasteiger partial charge in [0.05, 0.1) is 0 Å². The van der Waals surface area contributed by atoms with Gasteiger partial charge >= 0.3 is 0 Å². The lowest BCUT2D eigenvalue weighted by Gasteiger charge is -1.96. The number of benzene rings is 1. The first-order chi connectivity index (χ1) is 6.38. The third-order valence-corrected chi connectivity index (χ3v) is 2.25. The maximum atomic E-state index is 4.07. The van der Waals surface area contributed by atoms with Crippen LogP contribution in [0.15, 0.2) is 41.1 Å². The lowest BCUT2D eigenvalue weighted by molar-refractivity contribution is 1.35. The summed E-state index contributed by atoms with van der Waals surface area (Å²) >= 11 is 3.43. The summed E-state index contributed by atoms with van der Waals surface area (Å²) < 4.78 is 1.05. The van der Waals surface area contributed by atoms with E-state index >= 15 is 0 Å². The fraction of sp³-hybridized carbons (Fsp3) is 0.182. The Kier molecular flexibility index (Phi) is 3.90. The molecule has 68 valence electrons. The summed E-state index contributed by atoms with van der Waals surface area (Å²) in [6, 6.07) is 8.15. The van der Waals surface area contributed by atoms with E-state index in [-0.39, 0.29) is 0 Å². The Labute approximate surface area is 86.9 Å². The van der Waals surface area contributed by atoms with E-state index in [0.29, 0.717) is 0 Å². The van der Waals surface area contributed by atoms with Gasteiger partial charge in [0.1, 0.15) is 0 Å². The minimum atomic E-state index is 1.05. The Hall–Kier alpha value is -0.890. The summed E-state index contributed by atoms with van der Waals surface area (Å²) in [6.07, 6.45) is 3.67. The van der Waals surface area contributed by atoms with E-state index in [1.54, 1.807) is 0 Å². The average Bonchev–Trinajstić information content (AvgIpc) is 2.22. The molecule has 0 spiro atoms. The van der Waals surface area contributed by atoms with Crippen molar-refractivity contribution in [1.82, 2.24) is 4.98 Å². The highest BCUT2D eigenvalue weighted by Gasteiger charge is 1.94. The van der Waals surface area contributed by atoms with Crippen LogP contribution in [0.25, 0.3) is 10.8 Å². The van der Waals surface area contributed by atoms with Gasteiger partial charge in [-0.05, 0) is 21.3 Å². The number of rotatable bonds is 0. The number of halogens is 1. The van der Waals surface area contributed by atoms with Gasteiger partial charge in [-0.15, -0.1) is 0 Å². The molecule has 0 saturated carbocycles. The van der Waals surface area contributed by atoms with Crippen LogP contribution in [0, 0.1) is 0 Å². The van der Waals surface area contributed by atoms with Crippen LogP contribution in [0.3, 0.4) is 0 Å². The lowest BCUT2D eigenvalue weighted by atomic mass is 10.2. The van der Waals surface area contributed by atoms with Gasteiger partial charge in [-0.1, -0.05) is 38.1 Å². The van der Waals surface area contributed by atoms with Crippen LogP contribution in [0.5, 0.6) is 0 Å². The van der Waals surface area contributed by atoms with Crippen molar-refractivity contribution in [3.8, 4) is 0 Å². The molecule has 0 aliphatic rings. The van der Waals surface area contributed by atoms with E-state index < -0.39 is 0 Å². The fourth-order valence-electron chi connectivity index (χ4n) is 1.08. The van der Waals surface area contributed by atoms with Crippen molar-refractivity contribution < 1.29 is 0 Å². The highest BCUT2D eigenvalue weighted by atomic mass is 79.9. The summed E-state index contributed by atoms with van der Waals surface area (Å²) in [5.41, 5.74) is 0. The molecule has 13 heavy (non-hydrogen) atoms. The maximum absolute atomic E-state index is 4.07. The Bertz CT molecular complexity index is 379. The molecule has 0 atom stereocenters. The quantitative estimate of drug-likeness (QED) is 0.675. The molecule has 0 unspecified atom stereocenters. The van der Waals surface area contributed by atoms with Crippen molar-refractivity contribution in [2.45, 2.75) is 13.8 Å². The third-order valence-electron chi connectivity index (χ3n) is 1.62. The molecule has 0 amide bonds. The van der Waals surface area contributed by atoms with E-state index in [2.05, 4.69) is 27.0 Å². The van der Waals surface area contributed by atoms with Crippen LogP contribution in [0.2, 0.25) is 0 Å². The van der Waals surface area contributed by atoms with Gasteiger partial charge < -0.3 is 0 Å². The zero-order chi connectivity index (χ0) is 9.68. The fourth-order valence-corrected chi connectivity index (χ4v) is 1.56. The zero-order valence-corrected chi connectivity index (χ0v) is 9.38. The Morgan fingerprint density at radius 3 is 2.46 bits per heavy atom. The summed E-state index contributed by atoms with van der Waals surface area (Å²) in [5.74, 6) is 0. The SMILES string of the molecule is Brc1cncc2ccccc12.CC. The van der Waals surface area contributed by atoms with Crippen LogP contribution in [0.1, 0.15) is 13.8 Å². The van der Waals surface area contributed by atoms with E-state index in [0.717, 1.165) is 4.47 Å². The van der Waals surface area contributed by atoms with Crippen molar-refractivity contribution in [3.05, 3.63) is 41.1 Å². The normalized spacial score (nSPS) is 9.15. The number of fused-ring (bicyclic) bond motifs is 1. The first-order valence-corrected chi connectivity index (χ1v) is 5.15. The molecule has 0 fully saturated rings. The lowest BCUT2D eigenvalue weighted by Crippen LogP contribution is -1.75. The molecule has 0 bridgehead atoms. The summed E-state index contributed by atoms with van der Waals surface area (Å²) in [4.78, 5) is 4.07. The predicted molar refractivity (Wildman–Crippen MR) is 60.8 cm³/mol. The maximum Gasteiger partial charge on any atom is 0.0437 e. The molecule has 0 aliphatic carbocycles. The first-order valence-electron chi connectivity index (χ1n) is 4.36. The van der Waals surface area contributed by atoms with E-state index in [4.69, 9.17) is 0 Å². The molecule has 1 nitrogen and oxygen atoms in total. The van der Waals surface area contributed by atoms with Crippen LogP contribution in [-0.4, -0.2) is 4.98 Å². The monoisotopic (exact) mass is 237 g/mol. The molecule has 2 heteroatoms. The minimum Gasteiger partial charge on any atom is -0.263 e. The van der Waals surface area contributed by atoms with Gasteiger partial charge in [0.15, 0.2) is 0 Å². The Balaban J connectivity index is 0.000000396. The second kappa shape index (κ2) is 4.97. The van der Waals surface area contributed by atoms with Gasteiger partial charge in [0, 0.05) is 22.3 Å². The summed E-state index contributed by atoms with van der Waals surface area (Å²) in [5, 5.41) is 2.38. The molecule has 0 aliphatic heterocycles. The topological polar surface area (TPSA) is 12.9 Å². The van der Waals surface area contributed by atoms with Crippen LogP contribution >= 0.6 is 15.9 Å². The number of aromatic nitrogens is 1. The van der Waals surface area contributed by atoms with Crippen molar-refractivity contribution in [2.75, 3.05) is 0 Å². The molecule has 2 aromatic rings. The van der Waals surface area contributed by atoms with Crippen LogP contribution in [0.4, 0.5) is 0 Å². The summed E-state index contributed by atoms with van der Waals surface area (Å²) in [6.45, 7) is 4.00. The van der Waals surface area contributed by atoms with E-state index in [1.165, 1.54) is 10.8 Å². The Morgan fingerprint density at radius 2 is 1.77 bits per heavy atom. The molecule has 0 saturated heterocycles. The van der Waals surface area contributed by atoms with Crippen molar-refractivity contribution in [1.29, 1.82) is 0 Å². The van der Waals surface area contributed by atoms with Crippen molar-refractivity contribution in [3.63, 3.8) is 0 Å². The predicted octanol–water partition coefficient (Wildman–Crippen LogP) is 4.02. The molecule has 1 aromatic carbocycles. The number of nitrogens with zero attached hydrogens (tertiary/aromatic N) is 1. The average molecular weight is 238 g/mol. The standard InChI is InChI=1S/C9H6BrN.C2H6/c10-9-6-11-5-7-3-1-2-4-8(7)9;1-2/h1-6H;1-2H3. The smallest absolute Gasteiger partial charge is 0.0437 e. The summed E-state index contributed by atoms with van der Waals surface area (Å²) in [7, 11) is 0. The Morgan fingerprint density at radius 1 is 1.08 bits per heavy atom. The largest absolute Gasteiger partial charge is 0.263 e. The minimum absolute atomic E-state index is 1.05. The second-order valence-corrected chi connectivity index (χ2v) is 3.20. The van der Waals surface area contributed by atoms with Gasteiger partial charge in [0.2, 0.25) is 0 Å². The van der Waals surface area contributed by atoms with Crippen LogP contribution in [-0.2, 0) is 0 Å². The molecule has 0 radical (unpaired) electrons. The van der Waals surface area contributed by atoms with E-state index in [9.17, 15) is 0 Å². The highest BCUT2D eigenvalue weighted by molar-refractivity contribution is 9.10. The van der Waals surface area contributed by atoms with Crippen LogP contribution < -0.4 is 0 Å². The number of hydrogen-bond donors (Lipinski definition) is 0. The number of pyridine rings is 1. The first kappa shape index (κ1) is 10.2. The molecule has 0 N–H and O–H groups in total. The molecular weight excluding hydrogens is 226 g/mol. The van der Waals surface area contributed by atoms with Gasteiger partial charge in [-0.3, -0.25) is 4.98 Å². The number of hydrogen-bond acceptors (Lipinski definition) is 1. The van der Waals surface area contributed by atoms with Gasteiger partial charge in [-0.25, -0.2) is 0 Å². The highest BCUT2D eigenvalue weighted by Crippen LogP contribution is 2.21. The molecule has 1 aromatic heterocycles. The zero-order valence-electron chi connectivity index (χ0n) is 7.79. The third kappa shape index (κ3) is 2.28. The molecular formula is C11H12BrN. The second-order valence-electron chi connectivity index (χ2n) is 2.34. The molecule has 1 heterocycles. The van der Waals surface area contributed by atoms with Gasteiger partial charge in [-0.2, -0.15) is 0 Å². The van der Waals surface area contributed by atoms with Crippen molar-refractivity contribution in [2.24, 2.45) is 0 Å². The van der Waals surface area contributed by atoms with Crippen molar-refractivity contribution >= 4 is 26.7 Å². The molecule has 2 rings (SSSR count). The van der Waals surface area contributed by atoms with E-state index in [1.807, 2.05) is 44.4 Å². The van der Waals surface area contributed by atoms with Gasteiger partial charge in [0.25, 0.3) is 0 Å².